The number of para-hydroxylation sites is 1. The quantitative estimate of drug-likeness (QED) is 0.782. The smallest absolute Gasteiger partial charge is 0.146 e. The third-order valence-corrected chi connectivity index (χ3v) is 2.91. The van der Waals surface area contributed by atoms with Gasteiger partial charge in [-0.2, -0.15) is 0 Å². The molecule has 0 saturated heterocycles. The van der Waals surface area contributed by atoms with Gasteiger partial charge in [0.2, 0.25) is 0 Å². The molecule has 102 valence electrons. The van der Waals surface area contributed by atoms with Crippen LogP contribution in [0.2, 0.25) is 0 Å². The molecule has 0 heterocycles. The minimum Gasteiger partial charge on any atom is -0.396 e. The van der Waals surface area contributed by atoms with Crippen molar-refractivity contribution in [3.05, 3.63) is 29.6 Å². The lowest BCUT2D eigenvalue weighted by molar-refractivity contribution is 0.288. The number of halogens is 1. The second kappa shape index (κ2) is 7.34. The van der Waals surface area contributed by atoms with Gasteiger partial charge in [-0.1, -0.05) is 12.1 Å². The Bertz CT molecular complexity index is 369. The number of benzene rings is 1. The van der Waals surface area contributed by atoms with Crippen molar-refractivity contribution in [1.29, 1.82) is 0 Å². The van der Waals surface area contributed by atoms with E-state index in [1.54, 1.807) is 6.07 Å². The summed E-state index contributed by atoms with van der Waals surface area (Å²) in [6, 6.07) is 5.35. The van der Waals surface area contributed by atoms with Crippen molar-refractivity contribution in [2.24, 2.45) is 0 Å². The van der Waals surface area contributed by atoms with Crippen LogP contribution >= 0.6 is 0 Å². The number of rotatable bonds is 7. The Morgan fingerprint density at radius 1 is 1.39 bits per heavy atom. The summed E-state index contributed by atoms with van der Waals surface area (Å²) in [6.07, 6.45) is 0.644. The highest BCUT2D eigenvalue weighted by atomic mass is 19.1. The predicted octanol–water partition coefficient (Wildman–Crippen LogP) is 2.14. The topological polar surface area (TPSA) is 35.5 Å². The van der Waals surface area contributed by atoms with E-state index in [9.17, 15) is 4.39 Å². The SMILES string of the molecule is CNCc1cccc(F)c1N(CCCO)C(C)C. The maximum Gasteiger partial charge on any atom is 0.146 e. The molecule has 1 aromatic rings. The maximum absolute atomic E-state index is 14.1. The van der Waals surface area contributed by atoms with E-state index in [1.807, 2.05) is 31.9 Å². The molecule has 0 amide bonds. The van der Waals surface area contributed by atoms with E-state index in [-0.39, 0.29) is 18.5 Å². The van der Waals surface area contributed by atoms with Gasteiger partial charge in [-0.3, -0.25) is 0 Å². The summed E-state index contributed by atoms with van der Waals surface area (Å²) in [5.41, 5.74) is 1.60. The minimum absolute atomic E-state index is 0.124. The predicted molar refractivity (Wildman–Crippen MR) is 73.3 cm³/mol. The van der Waals surface area contributed by atoms with Gasteiger partial charge in [0.25, 0.3) is 0 Å². The lowest BCUT2D eigenvalue weighted by atomic mass is 10.1. The average Bonchev–Trinajstić information content (AvgIpc) is 2.32. The van der Waals surface area contributed by atoms with Gasteiger partial charge >= 0.3 is 0 Å². The zero-order chi connectivity index (χ0) is 13.5. The molecule has 18 heavy (non-hydrogen) atoms. The Morgan fingerprint density at radius 2 is 2.11 bits per heavy atom. The van der Waals surface area contributed by atoms with Crippen molar-refractivity contribution in [1.82, 2.24) is 5.32 Å². The number of aliphatic hydroxyl groups excluding tert-OH is 1. The van der Waals surface area contributed by atoms with Crippen LogP contribution in [-0.4, -0.2) is 31.3 Å². The van der Waals surface area contributed by atoms with Crippen LogP contribution in [0.1, 0.15) is 25.8 Å². The highest BCUT2D eigenvalue weighted by Gasteiger charge is 2.17. The first-order valence-electron chi connectivity index (χ1n) is 6.41. The zero-order valence-electron chi connectivity index (χ0n) is 11.4. The van der Waals surface area contributed by atoms with Gasteiger partial charge in [0.1, 0.15) is 5.82 Å². The average molecular weight is 254 g/mol. The first-order valence-corrected chi connectivity index (χ1v) is 6.41. The molecule has 0 bridgehead atoms. The largest absolute Gasteiger partial charge is 0.396 e. The first-order chi connectivity index (χ1) is 8.61. The summed E-state index contributed by atoms with van der Waals surface area (Å²) >= 11 is 0. The van der Waals surface area contributed by atoms with Gasteiger partial charge in [0.05, 0.1) is 5.69 Å². The summed E-state index contributed by atoms with van der Waals surface area (Å²) in [6.45, 7) is 5.49. The van der Waals surface area contributed by atoms with Crippen LogP contribution in [0.5, 0.6) is 0 Å². The van der Waals surface area contributed by atoms with Crippen LogP contribution in [0.25, 0.3) is 0 Å². The van der Waals surface area contributed by atoms with E-state index in [0.717, 1.165) is 5.56 Å². The normalized spacial score (nSPS) is 11.0. The Labute approximate surface area is 109 Å². The monoisotopic (exact) mass is 254 g/mol. The second-order valence-corrected chi connectivity index (χ2v) is 4.64. The number of anilines is 1. The molecule has 0 radical (unpaired) electrons. The van der Waals surface area contributed by atoms with E-state index in [2.05, 4.69) is 5.32 Å². The summed E-state index contributed by atoms with van der Waals surface area (Å²) < 4.78 is 14.1. The van der Waals surface area contributed by atoms with Gasteiger partial charge in [-0.15, -0.1) is 0 Å². The molecule has 0 spiro atoms. The van der Waals surface area contributed by atoms with E-state index in [4.69, 9.17) is 5.11 Å². The molecule has 4 heteroatoms. The lowest BCUT2D eigenvalue weighted by Gasteiger charge is -2.31. The summed E-state index contributed by atoms with van der Waals surface area (Å²) in [5.74, 6) is -0.200. The third kappa shape index (κ3) is 3.68. The molecule has 0 atom stereocenters. The van der Waals surface area contributed by atoms with Crippen molar-refractivity contribution in [3.8, 4) is 0 Å². The summed E-state index contributed by atoms with van der Waals surface area (Å²) in [5, 5.41) is 12.0. The molecule has 0 unspecified atom stereocenters. The number of nitrogens with zero attached hydrogens (tertiary/aromatic N) is 1. The standard InChI is InChI=1S/C14H23FN2O/c1-11(2)17(8-5-9-18)14-12(10-16-3)6-4-7-13(14)15/h4,6-7,11,16,18H,5,8-10H2,1-3H3. The Morgan fingerprint density at radius 3 is 2.67 bits per heavy atom. The number of hydrogen-bond donors (Lipinski definition) is 2. The van der Waals surface area contributed by atoms with Crippen LogP contribution in [-0.2, 0) is 6.54 Å². The highest BCUT2D eigenvalue weighted by molar-refractivity contribution is 5.55. The maximum atomic E-state index is 14.1. The fourth-order valence-electron chi connectivity index (χ4n) is 2.08. The summed E-state index contributed by atoms with van der Waals surface area (Å²) in [7, 11) is 1.85. The molecular formula is C14H23FN2O. The van der Waals surface area contributed by atoms with E-state index >= 15 is 0 Å². The fourth-order valence-corrected chi connectivity index (χ4v) is 2.08. The van der Waals surface area contributed by atoms with Gasteiger partial charge in [-0.05, 0) is 38.9 Å². The molecule has 0 saturated carbocycles. The molecule has 0 fully saturated rings. The molecule has 0 aliphatic carbocycles. The van der Waals surface area contributed by atoms with Crippen LogP contribution in [0, 0.1) is 5.82 Å². The van der Waals surface area contributed by atoms with Crippen LogP contribution in [0.15, 0.2) is 18.2 Å². The molecule has 1 aromatic carbocycles. The van der Waals surface area contributed by atoms with Crippen LogP contribution in [0.3, 0.4) is 0 Å². The summed E-state index contributed by atoms with van der Waals surface area (Å²) in [4.78, 5) is 2.01. The van der Waals surface area contributed by atoms with E-state index < -0.39 is 0 Å². The Kier molecular flexibility index (Phi) is 6.09. The Hall–Kier alpha value is -1.13. The Balaban J connectivity index is 3.08. The fraction of sp³-hybridized carbons (Fsp3) is 0.571. The van der Waals surface area contributed by atoms with E-state index in [1.165, 1.54) is 6.07 Å². The van der Waals surface area contributed by atoms with Crippen molar-refractivity contribution < 1.29 is 9.50 Å². The van der Waals surface area contributed by atoms with Crippen LogP contribution < -0.4 is 10.2 Å². The van der Waals surface area contributed by atoms with Crippen molar-refractivity contribution in [2.75, 3.05) is 25.1 Å². The number of aliphatic hydroxyl groups is 1. The first kappa shape index (κ1) is 14.9. The van der Waals surface area contributed by atoms with E-state index in [0.29, 0.717) is 25.2 Å². The minimum atomic E-state index is -0.200. The molecule has 0 aromatic heterocycles. The van der Waals surface area contributed by atoms with Gasteiger partial charge in [0, 0.05) is 25.7 Å². The van der Waals surface area contributed by atoms with Gasteiger partial charge in [-0.25, -0.2) is 4.39 Å². The van der Waals surface area contributed by atoms with Gasteiger partial charge < -0.3 is 15.3 Å². The van der Waals surface area contributed by atoms with Crippen molar-refractivity contribution >= 4 is 5.69 Å². The van der Waals surface area contributed by atoms with Crippen LogP contribution in [0.4, 0.5) is 10.1 Å². The number of nitrogens with one attached hydrogen (secondary N) is 1. The van der Waals surface area contributed by atoms with Gasteiger partial charge in [0.15, 0.2) is 0 Å². The molecular weight excluding hydrogens is 231 g/mol. The molecule has 0 aliphatic rings. The lowest BCUT2D eigenvalue weighted by Crippen LogP contribution is -2.34. The molecule has 2 N–H and O–H groups in total. The zero-order valence-corrected chi connectivity index (χ0v) is 11.4. The molecule has 0 aliphatic heterocycles. The third-order valence-electron chi connectivity index (χ3n) is 2.91. The van der Waals surface area contributed by atoms with Crippen molar-refractivity contribution in [3.63, 3.8) is 0 Å². The number of hydrogen-bond acceptors (Lipinski definition) is 3. The second-order valence-electron chi connectivity index (χ2n) is 4.64. The van der Waals surface area contributed by atoms with Crippen molar-refractivity contribution in [2.45, 2.75) is 32.9 Å². The molecule has 1 rings (SSSR count). The highest BCUT2D eigenvalue weighted by Crippen LogP contribution is 2.26. The molecule has 3 nitrogen and oxygen atoms in total.